The number of urea groups is 1. The molecule has 0 radical (unpaired) electrons. The Balaban J connectivity index is 2.04. The van der Waals surface area contributed by atoms with Gasteiger partial charge in [0.1, 0.15) is 5.82 Å². The molecule has 0 spiro atoms. The van der Waals surface area contributed by atoms with Crippen molar-refractivity contribution in [1.82, 2.24) is 5.32 Å². The second-order valence-corrected chi connectivity index (χ2v) is 5.41. The maximum absolute atomic E-state index is 13.7. The van der Waals surface area contributed by atoms with Crippen molar-refractivity contribution in [1.29, 1.82) is 0 Å². The van der Waals surface area contributed by atoms with E-state index in [1.54, 1.807) is 30.3 Å². The highest BCUT2D eigenvalue weighted by Crippen LogP contribution is 2.20. The van der Waals surface area contributed by atoms with E-state index < -0.39 is 17.8 Å². The van der Waals surface area contributed by atoms with Crippen LogP contribution in [0.3, 0.4) is 0 Å². The summed E-state index contributed by atoms with van der Waals surface area (Å²) in [6.07, 6.45) is 0. The quantitative estimate of drug-likeness (QED) is 0.777. The van der Waals surface area contributed by atoms with Gasteiger partial charge in [-0.1, -0.05) is 28.1 Å². The van der Waals surface area contributed by atoms with E-state index in [4.69, 9.17) is 5.73 Å². The van der Waals surface area contributed by atoms with E-state index in [2.05, 4.69) is 26.6 Å². The Hall–Kier alpha value is -2.41. The molecule has 0 heterocycles. The molecule has 4 N–H and O–H groups in total. The zero-order valence-electron chi connectivity index (χ0n) is 11.4. The normalized spacial score (nSPS) is 10.1. The third-order valence-corrected chi connectivity index (χ3v) is 3.36. The lowest BCUT2D eigenvalue weighted by molar-refractivity contribution is 0.102. The molecule has 2 aromatic rings. The molecule has 0 unspecified atom stereocenters. The number of primary amides is 1. The van der Waals surface area contributed by atoms with Crippen molar-refractivity contribution in [2.75, 3.05) is 5.32 Å². The molecule has 0 aliphatic heterocycles. The molecule has 22 heavy (non-hydrogen) atoms. The molecule has 0 aliphatic carbocycles. The Bertz CT molecular complexity index is 704. The van der Waals surface area contributed by atoms with Gasteiger partial charge >= 0.3 is 6.03 Å². The number of rotatable bonds is 4. The summed E-state index contributed by atoms with van der Waals surface area (Å²) < 4.78 is 14.3. The maximum Gasteiger partial charge on any atom is 0.312 e. The van der Waals surface area contributed by atoms with Crippen LogP contribution >= 0.6 is 15.9 Å². The van der Waals surface area contributed by atoms with Gasteiger partial charge in [-0.05, 0) is 35.9 Å². The first-order chi connectivity index (χ1) is 10.5. The molecule has 2 rings (SSSR count). The summed E-state index contributed by atoms with van der Waals surface area (Å²) in [6.45, 7) is 0.276. The van der Waals surface area contributed by atoms with E-state index in [9.17, 15) is 14.0 Å². The monoisotopic (exact) mass is 365 g/mol. The van der Waals surface area contributed by atoms with Crippen LogP contribution in [0.2, 0.25) is 0 Å². The van der Waals surface area contributed by atoms with Crippen molar-refractivity contribution >= 4 is 33.6 Å². The predicted octanol–water partition coefficient (Wildman–Crippen LogP) is 3.01. The highest BCUT2D eigenvalue weighted by Gasteiger charge is 2.09. The lowest BCUT2D eigenvalue weighted by Crippen LogP contribution is -2.28. The van der Waals surface area contributed by atoms with Crippen molar-refractivity contribution in [3.8, 4) is 0 Å². The number of benzene rings is 2. The molecule has 0 aliphatic rings. The van der Waals surface area contributed by atoms with Crippen LogP contribution < -0.4 is 16.4 Å². The van der Waals surface area contributed by atoms with Crippen LogP contribution in [0, 0.1) is 5.82 Å². The molecule has 0 saturated heterocycles. The number of halogens is 2. The summed E-state index contributed by atoms with van der Waals surface area (Å²) in [5.74, 6) is -0.944. The summed E-state index contributed by atoms with van der Waals surface area (Å²) in [6, 6.07) is 10.3. The first-order valence-electron chi connectivity index (χ1n) is 6.34. The van der Waals surface area contributed by atoms with E-state index in [0.29, 0.717) is 10.0 Å². The van der Waals surface area contributed by atoms with E-state index in [0.717, 1.165) is 5.56 Å². The molecule has 0 fully saturated rings. The number of carbonyl (C=O) groups excluding carboxylic acids is 2. The van der Waals surface area contributed by atoms with Crippen molar-refractivity contribution in [2.45, 2.75) is 6.54 Å². The fourth-order valence-corrected chi connectivity index (χ4v) is 2.08. The molecular formula is C15H13BrFN3O2. The topological polar surface area (TPSA) is 84.2 Å². The van der Waals surface area contributed by atoms with Gasteiger partial charge in [0, 0.05) is 16.6 Å². The molecule has 7 heteroatoms. The van der Waals surface area contributed by atoms with E-state index in [-0.39, 0.29) is 12.2 Å². The Kier molecular flexibility index (Phi) is 5.11. The van der Waals surface area contributed by atoms with Crippen LogP contribution in [0.4, 0.5) is 14.9 Å². The molecule has 114 valence electrons. The van der Waals surface area contributed by atoms with Crippen LogP contribution in [-0.4, -0.2) is 11.9 Å². The molecule has 0 bridgehead atoms. The standard InChI is InChI=1S/C15H13BrFN3O2/c16-11-5-6-13(12(17)7-11)20-14(21)10-3-1-9(2-4-10)8-19-15(18)22/h1-7H,8H2,(H,20,21)(H3,18,19,22). The predicted molar refractivity (Wildman–Crippen MR) is 84.9 cm³/mol. The van der Waals surface area contributed by atoms with Gasteiger partial charge in [0.25, 0.3) is 5.91 Å². The summed E-state index contributed by atoms with van der Waals surface area (Å²) in [4.78, 5) is 22.7. The first kappa shape index (κ1) is 16.0. The van der Waals surface area contributed by atoms with Gasteiger partial charge in [0.05, 0.1) is 5.69 Å². The minimum Gasteiger partial charge on any atom is -0.352 e. The van der Waals surface area contributed by atoms with Crippen molar-refractivity contribution < 1.29 is 14.0 Å². The number of nitrogens with one attached hydrogen (secondary N) is 2. The Morgan fingerprint density at radius 2 is 1.82 bits per heavy atom. The summed E-state index contributed by atoms with van der Waals surface area (Å²) in [7, 11) is 0. The van der Waals surface area contributed by atoms with Gasteiger partial charge in [-0.15, -0.1) is 0 Å². The third kappa shape index (κ3) is 4.29. The van der Waals surface area contributed by atoms with Gasteiger partial charge in [0.2, 0.25) is 0 Å². The first-order valence-corrected chi connectivity index (χ1v) is 7.13. The van der Waals surface area contributed by atoms with Crippen LogP contribution in [0.5, 0.6) is 0 Å². The van der Waals surface area contributed by atoms with Crippen molar-refractivity contribution in [2.24, 2.45) is 5.73 Å². The summed E-state index contributed by atoms with van der Waals surface area (Å²) in [5, 5.41) is 4.95. The fourth-order valence-electron chi connectivity index (χ4n) is 1.75. The lowest BCUT2D eigenvalue weighted by atomic mass is 10.1. The Morgan fingerprint density at radius 3 is 2.41 bits per heavy atom. The van der Waals surface area contributed by atoms with Gasteiger partial charge < -0.3 is 16.4 Å². The highest BCUT2D eigenvalue weighted by atomic mass is 79.9. The van der Waals surface area contributed by atoms with Crippen LogP contribution in [-0.2, 0) is 6.54 Å². The maximum atomic E-state index is 13.7. The highest BCUT2D eigenvalue weighted by molar-refractivity contribution is 9.10. The molecule has 0 aromatic heterocycles. The number of hydrogen-bond acceptors (Lipinski definition) is 2. The minimum atomic E-state index is -0.618. The number of amides is 3. The largest absolute Gasteiger partial charge is 0.352 e. The zero-order chi connectivity index (χ0) is 16.1. The van der Waals surface area contributed by atoms with Crippen LogP contribution in [0.1, 0.15) is 15.9 Å². The average molecular weight is 366 g/mol. The molecule has 0 atom stereocenters. The van der Waals surface area contributed by atoms with Crippen molar-refractivity contribution in [3.05, 3.63) is 63.9 Å². The summed E-state index contributed by atoms with van der Waals surface area (Å²) in [5.41, 5.74) is 6.26. The van der Waals surface area contributed by atoms with Gasteiger partial charge in [-0.2, -0.15) is 0 Å². The Labute approximate surface area is 134 Å². The second-order valence-electron chi connectivity index (χ2n) is 4.49. The molecule has 0 saturated carbocycles. The fraction of sp³-hybridized carbons (Fsp3) is 0.0667. The molecule has 5 nitrogen and oxygen atoms in total. The smallest absolute Gasteiger partial charge is 0.312 e. The van der Waals surface area contributed by atoms with E-state index in [1.807, 2.05) is 0 Å². The SMILES string of the molecule is NC(=O)NCc1ccc(C(=O)Nc2ccc(Br)cc2F)cc1. The number of anilines is 1. The van der Waals surface area contributed by atoms with E-state index in [1.165, 1.54) is 12.1 Å². The number of nitrogens with two attached hydrogens (primary N) is 1. The number of hydrogen-bond donors (Lipinski definition) is 3. The molecular weight excluding hydrogens is 353 g/mol. The third-order valence-electron chi connectivity index (χ3n) is 2.86. The second kappa shape index (κ2) is 7.04. The molecule has 3 amide bonds. The number of carbonyl (C=O) groups is 2. The van der Waals surface area contributed by atoms with Gasteiger partial charge in [0.15, 0.2) is 0 Å². The average Bonchev–Trinajstić information content (AvgIpc) is 2.48. The minimum absolute atomic E-state index is 0.104. The summed E-state index contributed by atoms with van der Waals surface area (Å²) >= 11 is 3.15. The van der Waals surface area contributed by atoms with Gasteiger partial charge in [-0.25, -0.2) is 9.18 Å². The van der Waals surface area contributed by atoms with E-state index >= 15 is 0 Å². The lowest BCUT2D eigenvalue weighted by Gasteiger charge is -2.08. The van der Waals surface area contributed by atoms with Crippen LogP contribution in [0.25, 0.3) is 0 Å². The molecule has 2 aromatic carbocycles. The van der Waals surface area contributed by atoms with Crippen LogP contribution in [0.15, 0.2) is 46.9 Å². The Morgan fingerprint density at radius 1 is 1.14 bits per heavy atom. The van der Waals surface area contributed by atoms with Crippen molar-refractivity contribution in [3.63, 3.8) is 0 Å². The van der Waals surface area contributed by atoms with Gasteiger partial charge in [-0.3, -0.25) is 4.79 Å². The zero-order valence-corrected chi connectivity index (χ0v) is 13.0.